The maximum atomic E-state index is 12.3. The predicted octanol–water partition coefficient (Wildman–Crippen LogP) is -0.0766. The predicted molar refractivity (Wildman–Crippen MR) is 97.8 cm³/mol. The van der Waals surface area contributed by atoms with Crippen molar-refractivity contribution >= 4 is 40.6 Å². The zero-order valence-corrected chi connectivity index (χ0v) is 14.6. The van der Waals surface area contributed by atoms with Crippen molar-refractivity contribution in [3.63, 3.8) is 0 Å². The molecule has 0 atom stereocenters. The molecular formula is C17H12N6O6. The number of hydrogen-bond acceptors (Lipinski definition) is 8. The second-order valence-corrected chi connectivity index (χ2v) is 6.04. The number of carboxylic acids is 1. The monoisotopic (exact) mass is 396 g/mol. The molecule has 4 N–H and O–H groups in total. The van der Waals surface area contributed by atoms with Gasteiger partial charge in [-0.2, -0.15) is 4.98 Å². The van der Waals surface area contributed by atoms with Crippen molar-refractivity contribution < 1.29 is 24.2 Å². The number of rotatable bonds is 4. The first-order valence-corrected chi connectivity index (χ1v) is 8.25. The molecule has 4 rings (SSSR count). The first-order valence-electron chi connectivity index (χ1n) is 8.25. The molecule has 2 amide bonds. The second-order valence-electron chi connectivity index (χ2n) is 6.04. The van der Waals surface area contributed by atoms with Crippen molar-refractivity contribution in [2.24, 2.45) is 0 Å². The lowest BCUT2D eigenvalue weighted by Gasteiger charge is -2.18. The molecule has 1 aromatic carbocycles. The summed E-state index contributed by atoms with van der Waals surface area (Å²) in [7, 11) is 0. The zero-order chi connectivity index (χ0) is 20.5. The molecule has 3 aromatic rings. The van der Waals surface area contributed by atoms with E-state index >= 15 is 0 Å². The largest absolute Gasteiger partial charge is 0.482 e. The van der Waals surface area contributed by atoms with Gasteiger partial charge in [0.1, 0.15) is 5.75 Å². The fourth-order valence-corrected chi connectivity index (χ4v) is 2.68. The number of hydrogen-bond donors (Lipinski definition) is 4. The number of H-pyrrole nitrogens is 1. The number of benzene rings is 1. The average Bonchev–Trinajstić information content (AvgIpc) is 2.67. The Labute approximate surface area is 161 Å². The first-order chi connectivity index (χ1) is 13.9. The molecule has 0 radical (unpaired) electrons. The van der Waals surface area contributed by atoms with Crippen LogP contribution in [0.4, 0.5) is 11.6 Å². The van der Waals surface area contributed by atoms with Crippen LogP contribution in [0.2, 0.25) is 0 Å². The minimum absolute atomic E-state index is 0.0610. The fourth-order valence-electron chi connectivity index (χ4n) is 2.68. The highest BCUT2D eigenvalue weighted by Crippen LogP contribution is 2.28. The highest BCUT2D eigenvalue weighted by Gasteiger charge is 2.17. The maximum absolute atomic E-state index is 12.3. The van der Waals surface area contributed by atoms with Crippen molar-refractivity contribution in [1.29, 1.82) is 0 Å². The minimum atomic E-state index is -1.33. The van der Waals surface area contributed by atoms with Crippen LogP contribution in [0.1, 0.15) is 16.1 Å². The molecule has 1 aliphatic rings. The van der Waals surface area contributed by atoms with E-state index in [0.29, 0.717) is 17.0 Å². The Morgan fingerprint density at radius 1 is 1.24 bits per heavy atom. The van der Waals surface area contributed by atoms with Crippen molar-refractivity contribution in [2.45, 2.75) is 6.42 Å². The number of aromatic amines is 1. The standard InChI is InChI=1S/C17H12N6O6/c24-11(4-7-1-2-10-8(3-7)19-12(25)6-29-10)21-17-22-14-13(15(26)23-17)20-9(5-18-14)16(27)28/h1-3,5H,4,6H2,(H,19,25)(H,27,28)(H2,18,21,22,23,24,26). The maximum Gasteiger partial charge on any atom is 0.356 e. The Hall–Kier alpha value is -4.35. The Balaban J connectivity index is 1.52. The van der Waals surface area contributed by atoms with Crippen molar-refractivity contribution in [2.75, 3.05) is 17.2 Å². The summed E-state index contributed by atoms with van der Waals surface area (Å²) >= 11 is 0. The minimum Gasteiger partial charge on any atom is -0.482 e. The Morgan fingerprint density at radius 3 is 2.86 bits per heavy atom. The van der Waals surface area contributed by atoms with E-state index in [1.165, 1.54) is 0 Å². The fraction of sp³-hybridized carbons (Fsp3) is 0.118. The molecule has 2 aromatic heterocycles. The van der Waals surface area contributed by atoms with Crippen LogP contribution in [0, 0.1) is 0 Å². The van der Waals surface area contributed by atoms with Gasteiger partial charge in [0, 0.05) is 0 Å². The van der Waals surface area contributed by atoms with Crippen molar-refractivity contribution in [3.8, 4) is 5.75 Å². The number of aromatic carboxylic acids is 1. The third-order valence-electron chi connectivity index (χ3n) is 3.94. The SMILES string of the molecule is O=C(Cc1ccc2c(c1)NC(=O)CO2)Nc1nc2ncc(C(=O)O)nc2c(=O)[nH]1. The summed E-state index contributed by atoms with van der Waals surface area (Å²) in [6.07, 6.45) is 0.903. The van der Waals surface area contributed by atoms with Crippen LogP contribution in [0.25, 0.3) is 11.2 Å². The third-order valence-corrected chi connectivity index (χ3v) is 3.94. The summed E-state index contributed by atoms with van der Waals surface area (Å²) in [5.74, 6) is -1.74. The molecule has 146 valence electrons. The van der Waals surface area contributed by atoms with Crippen LogP contribution in [-0.2, 0) is 16.0 Å². The number of carbonyl (C=O) groups is 3. The van der Waals surface area contributed by atoms with Gasteiger partial charge in [-0.05, 0) is 17.7 Å². The quantitative estimate of drug-likeness (QED) is 0.470. The van der Waals surface area contributed by atoms with Gasteiger partial charge >= 0.3 is 5.97 Å². The number of amides is 2. The topological polar surface area (TPSA) is 176 Å². The molecule has 0 fully saturated rings. The number of nitrogens with zero attached hydrogens (tertiary/aromatic N) is 3. The average molecular weight is 396 g/mol. The summed E-state index contributed by atoms with van der Waals surface area (Å²) in [5.41, 5.74) is -0.440. The Bertz CT molecular complexity index is 1240. The second kappa shape index (κ2) is 6.99. The van der Waals surface area contributed by atoms with Gasteiger partial charge in [-0.1, -0.05) is 6.07 Å². The molecule has 0 unspecified atom stereocenters. The van der Waals surface area contributed by atoms with Gasteiger partial charge in [-0.3, -0.25) is 24.7 Å². The summed E-state index contributed by atoms with van der Waals surface area (Å²) in [6.45, 7) is -0.0648. The smallest absolute Gasteiger partial charge is 0.356 e. The van der Waals surface area contributed by atoms with Gasteiger partial charge in [-0.15, -0.1) is 0 Å². The molecule has 0 saturated heterocycles. The van der Waals surface area contributed by atoms with E-state index in [-0.39, 0.29) is 36.0 Å². The molecular weight excluding hydrogens is 384 g/mol. The number of fused-ring (bicyclic) bond motifs is 2. The van der Waals surface area contributed by atoms with E-state index in [0.717, 1.165) is 6.20 Å². The number of ether oxygens (including phenoxy) is 1. The molecule has 12 nitrogen and oxygen atoms in total. The van der Waals surface area contributed by atoms with E-state index in [2.05, 4.69) is 30.6 Å². The van der Waals surface area contributed by atoms with Gasteiger partial charge in [0.05, 0.1) is 18.3 Å². The molecule has 29 heavy (non-hydrogen) atoms. The van der Waals surface area contributed by atoms with Crippen LogP contribution in [0.3, 0.4) is 0 Å². The van der Waals surface area contributed by atoms with Crippen molar-refractivity contribution in [3.05, 3.63) is 46.0 Å². The lowest BCUT2D eigenvalue weighted by Crippen LogP contribution is -2.25. The Kier molecular flexibility index (Phi) is 4.35. The van der Waals surface area contributed by atoms with Crippen LogP contribution in [0.15, 0.2) is 29.2 Å². The molecule has 1 aliphatic heterocycles. The summed E-state index contributed by atoms with van der Waals surface area (Å²) < 4.78 is 5.26. The van der Waals surface area contributed by atoms with Gasteiger partial charge in [0.15, 0.2) is 23.5 Å². The lowest BCUT2D eigenvalue weighted by molar-refractivity contribution is -0.118. The summed E-state index contributed by atoms with van der Waals surface area (Å²) in [5, 5.41) is 14.0. The first kappa shape index (κ1) is 18.0. The molecule has 3 heterocycles. The van der Waals surface area contributed by atoms with Crippen LogP contribution >= 0.6 is 0 Å². The molecule has 0 saturated carbocycles. The summed E-state index contributed by atoms with van der Waals surface area (Å²) in [4.78, 5) is 60.5. The van der Waals surface area contributed by atoms with Gasteiger partial charge < -0.3 is 15.2 Å². The normalized spacial score (nSPS) is 12.6. The number of nitrogens with one attached hydrogen (secondary N) is 3. The van der Waals surface area contributed by atoms with Gasteiger partial charge in [-0.25, -0.2) is 14.8 Å². The van der Waals surface area contributed by atoms with E-state index in [1.807, 2.05) is 0 Å². The van der Waals surface area contributed by atoms with E-state index in [4.69, 9.17) is 9.84 Å². The van der Waals surface area contributed by atoms with E-state index in [9.17, 15) is 19.2 Å². The lowest BCUT2D eigenvalue weighted by atomic mass is 10.1. The third kappa shape index (κ3) is 3.71. The summed E-state index contributed by atoms with van der Waals surface area (Å²) in [6, 6.07) is 4.93. The highest BCUT2D eigenvalue weighted by molar-refractivity contribution is 5.96. The zero-order valence-electron chi connectivity index (χ0n) is 14.6. The van der Waals surface area contributed by atoms with Gasteiger partial charge in [0.2, 0.25) is 11.9 Å². The number of carboxylic acid groups (broad SMARTS) is 1. The molecule has 0 aliphatic carbocycles. The van der Waals surface area contributed by atoms with E-state index in [1.54, 1.807) is 18.2 Å². The molecule has 12 heteroatoms. The number of anilines is 2. The number of aromatic nitrogens is 4. The highest BCUT2D eigenvalue weighted by atomic mass is 16.5. The van der Waals surface area contributed by atoms with Crippen molar-refractivity contribution in [1.82, 2.24) is 19.9 Å². The van der Waals surface area contributed by atoms with Crippen LogP contribution in [-0.4, -0.2) is 49.4 Å². The van der Waals surface area contributed by atoms with Crippen LogP contribution in [0.5, 0.6) is 5.75 Å². The van der Waals surface area contributed by atoms with E-state index < -0.39 is 23.1 Å². The van der Waals surface area contributed by atoms with Gasteiger partial charge in [0.25, 0.3) is 11.5 Å². The Morgan fingerprint density at radius 2 is 2.07 bits per heavy atom. The molecule has 0 bridgehead atoms. The number of carbonyl (C=O) groups excluding carboxylic acids is 2. The van der Waals surface area contributed by atoms with Crippen LogP contribution < -0.4 is 20.9 Å². The molecule has 0 spiro atoms.